The molecule has 2 N–H and O–H groups in total. The molecule has 1 saturated heterocycles. The number of fused-ring (bicyclic) bond motifs is 1. The normalized spacial score (nSPS) is 17.1. The molecule has 1 amide bonds. The monoisotopic (exact) mass is 406 g/mol. The number of nitriles is 1. The molecule has 1 aromatic carbocycles. The Morgan fingerprint density at radius 1 is 1.37 bits per heavy atom. The van der Waals surface area contributed by atoms with Crippen LogP contribution in [0.3, 0.4) is 0 Å². The van der Waals surface area contributed by atoms with E-state index in [0.29, 0.717) is 16.8 Å². The van der Waals surface area contributed by atoms with Gasteiger partial charge in [0.25, 0.3) is 0 Å². The number of aliphatic hydroxyl groups excluding tert-OH is 1. The van der Waals surface area contributed by atoms with Crippen LogP contribution < -0.4 is 0 Å². The van der Waals surface area contributed by atoms with Gasteiger partial charge in [-0.2, -0.15) is 5.26 Å². The van der Waals surface area contributed by atoms with E-state index in [2.05, 4.69) is 9.97 Å². The fourth-order valence-corrected chi connectivity index (χ4v) is 3.33. The van der Waals surface area contributed by atoms with Crippen molar-refractivity contribution in [1.29, 1.82) is 5.26 Å². The van der Waals surface area contributed by atoms with Gasteiger partial charge in [0.2, 0.25) is 5.91 Å². The molecule has 9 nitrogen and oxygen atoms in total. The standard InChI is InChI=1S/C21H18N4O5/c22-9-15(20-23-16-5-1-2-6-17(16)24-20)18(26)12-30-21(28)13-8-19(27)25(10-13)11-14-4-3-7-29-14/h1-7,13,26H,8,10-12H2,(H,23,24)/b18-15-/t13-/m0/s1. The summed E-state index contributed by atoms with van der Waals surface area (Å²) < 4.78 is 10.4. The van der Waals surface area contributed by atoms with Crippen LogP contribution in [0.25, 0.3) is 16.6 Å². The van der Waals surface area contributed by atoms with Crippen molar-refractivity contribution >= 4 is 28.5 Å². The molecular formula is C21H18N4O5. The summed E-state index contributed by atoms with van der Waals surface area (Å²) in [5, 5.41) is 19.7. The minimum absolute atomic E-state index is 0.0265. The molecule has 0 spiro atoms. The number of para-hydroxylation sites is 2. The van der Waals surface area contributed by atoms with Gasteiger partial charge in [0, 0.05) is 13.0 Å². The first kappa shape index (κ1) is 19.3. The Hall–Kier alpha value is -4.06. The van der Waals surface area contributed by atoms with Crippen molar-refractivity contribution in [2.24, 2.45) is 5.92 Å². The van der Waals surface area contributed by atoms with E-state index in [-0.39, 0.29) is 36.8 Å². The lowest BCUT2D eigenvalue weighted by atomic mass is 10.1. The minimum atomic E-state index is -0.642. The van der Waals surface area contributed by atoms with E-state index in [1.165, 1.54) is 11.2 Å². The molecule has 1 atom stereocenters. The summed E-state index contributed by atoms with van der Waals surface area (Å²) in [6.45, 7) is 0.00453. The Morgan fingerprint density at radius 3 is 2.93 bits per heavy atom. The van der Waals surface area contributed by atoms with Crippen LogP contribution in [0.5, 0.6) is 0 Å². The van der Waals surface area contributed by atoms with Crippen LogP contribution in [-0.4, -0.2) is 45.0 Å². The molecule has 1 fully saturated rings. The van der Waals surface area contributed by atoms with E-state index < -0.39 is 24.3 Å². The number of furan rings is 1. The maximum absolute atomic E-state index is 12.4. The van der Waals surface area contributed by atoms with Crippen molar-refractivity contribution < 1.29 is 23.8 Å². The van der Waals surface area contributed by atoms with Crippen molar-refractivity contribution in [1.82, 2.24) is 14.9 Å². The Kier molecular flexibility index (Phi) is 5.22. The molecule has 3 aromatic rings. The maximum atomic E-state index is 12.4. The highest BCUT2D eigenvalue weighted by Gasteiger charge is 2.35. The summed E-state index contributed by atoms with van der Waals surface area (Å²) in [5.74, 6) is -1.03. The Balaban J connectivity index is 1.40. The number of aliphatic hydroxyl groups is 1. The molecule has 0 unspecified atom stereocenters. The van der Waals surface area contributed by atoms with Gasteiger partial charge < -0.3 is 24.1 Å². The first-order chi connectivity index (χ1) is 14.5. The number of aromatic amines is 1. The number of nitrogens with zero attached hydrogens (tertiary/aromatic N) is 3. The highest BCUT2D eigenvalue weighted by Crippen LogP contribution is 2.23. The predicted octanol–water partition coefficient (Wildman–Crippen LogP) is 2.54. The van der Waals surface area contributed by atoms with Gasteiger partial charge in [0.1, 0.15) is 24.0 Å². The van der Waals surface area contributed by atoms with Gasteiger partial charge in [0.15, 0.2) is 11.6 Å². The van der Waals surface area contributed by atoms with Crippen LogP contribution in [0.15, 0.2) is 52.8 Å². The molecule has 0 aliphatic carbocycles. The zero-order chi connectivity index (χ0) is 21.1. The second-order valence-electron chi connectivity index (χ2n) is 6.90. The molecule has 1 aliphatic rings. The molecule has 2 aromatic heterocycles. The van der Waals surface area contributed by atoms with Crippen LogP contribution in [0.1, 0.15) is 18.0 Å². The Bertz CT molecular complexity index is 1120. The Morgan fingerprint density at radius 2 is 2.20 bits per heavy atom. The number of amides is 1. The van der Waals surface area contributed by atoms with Crippen molar-refractivity contribution in [2.75, 3.05) is 13.2 Å². The number of aromatic nitrogens is 2. The number of imidazole rings is 1. The number of nitrogens with one attached hydrogen (secondary N) is 1. The van der Waals surface area contributed by atoms with Crippen LogP contribution >= 0.6 is 0 Å². The second kappa shape index (κ2) is 8.13. The number of carbonyl (C=O) groups is 2. The van der Waals surface area contributed by atoms with Gasteiger partial charge in [-0.05, 0) is 24.3 Å². The van der Waals surface area contributed by atoms with Crippen LogP contribution in [0.2, 0.25) is 0 Å². The van der Waals surface area contributed by atoms with Crippen LogP contribution in [-0.2, 0) is 20.9 Å². The number of hydrogen-bond acceptors (Lipinski definition) is 7. The molecule has 0 saturated carbocycles. The van der Waals surface area contributed by atoms with Crippen molar-refractivity contribution in [2.45, 2.75) is 13.0 Å². The lowest BCUT2D eigenvalue weighted by molar-refractivity contribution is -0.148. The minimum Gasteiger partial charge on any atom is -0.507 e. The van der Waals surface area contributed by atoms with Gasteiger partial charge in [-0.1, -0.05) is 12.1 Å². The zero-order valence-electron chi connectivity index (χ0n) is 15.9. The molecule has 4 rings (SSSR count). The number of H-pyrrole nitrogens is 1. The van der Waals surface area contributed by atoms with E-state index in [0.717, 1.165) is 0 Å². The van der Waals surface area contributed by atoms with E-state index in [1.54, 1.807) is 24.3 Å². The first-order valence-electron chi connectivity index (χ1n) is 9.29. The van der Waals surface area contributed by atoms with Gasteiger partial charge in [-0.25, -0.2) is 4.98 Å². The summed E-state index contributed by atoms with van der Waals surface area (Å²) in [4.78, 5) is 33.2. The number of carbonyl (C=O) groups excluding carboxylic acids is 2. The molecule has 152 valence electrons. The fourth-order valence-electron chi connectivity index (χ4n) is 3.33. The van der Waals surface area contributed by atoms with E-state index >= 15 is 0 Å². The third kappa shape index (κ3) is 3.89. The molecule has 0 bridgehead atoms. The fraction of sp³-hybridized carbons (Fsp3) is 0.238. The summed E-state index contributed by atoms with van der Waals surface area (Å²) >= 11 is 0. The van der Waals surface area contributed by atoms with Gasteiger partial charge in [-0.3, -0.25) is 9.59 Å². The summed E-state index contributed by atoms with van der Waals surface area (Å²) in [6, 6.07) is 12.6. The highest BCUT2D eigenvalue weighted by atomic mass is 16.5. The maximum Gasteiger partial charge on any atom is 0.311 e. The zero-order valence-corrected chi connectivity index (χ0v) is 15.9. The third-order valence-corrected chi connectivity index (χ3v) is 4.85. The number of hydrogen-bond donors (Lipinski definition) is 2. The molecule has 30 heavy (non-hydrogen) atoms. The third-order valence-electron chi connectivity index (χ3n) is 4.85. The number of benzene rings is 1. The lowest BCUT2D eigenvalue weighted by Crippen LogP contribution is -2.26. The van der Waals surface area contributed by atoms with Crippen molar-refractivity contribution in [3.8, 4) is 6.07 Å². The number of ether oxygens (including phenoxy) is 1. The van der Waals surface area contributed by atoms with E-state index in [1.807, 2.05) is 18.2 Å². The highest BCUT2D eigenvalue weighted by molar-refractivity contribution is 5.87. The van der Waals surface area contributed by atoms with Gasteiger partial charge in [0.05, 0.1) is 29.8 Å². The molecular weight excluding hydrogens is 388 g/mol. The van der Waals surface area contributed by atoms with Gasteiger partial charge >= 0.3 is 5.97 Å². The Labute approximate surface area is 171 Å². The number of likely N-dealkylation sites (tertiary alicyclic amines) is 1. The first-order valence-corrected chi connectivity index (χ1v) is 9.29. The summed E-state index contributed by atoms with van der Waals surface area (Å²) in [5.41, 5.74) is 1.25. The average molecular weight is 406 g/mol. The largest absolute Gasteiger partial charge is 0.507 e. The number of rotatable bonds is 6. The van der Waals surface area contributed by atoms with Gasteiger partial charge in [-0.15, -0.1) is 0 Å². The second-order valence-corrected chi connectivity index (χ2v) is 6.90. The summed E-state index contributed by atoms with van der Waals surface area (Å²) in [6.07, 6.45) is 1.55. The topological polar surface area (TPSA) is 132 Å². The molecule has 0 radical (unpaired) electrons. The van der Waals surface area contributed by atoms with Crippen molar-refractivity contribution in [3.63, 3.8) is 0 Å². The SMILES string of the molecule is N#C/C(=C(/O)COC(=O)[C@H]1CC(=O)N(Cc2ccco2)C1)c1nc2ccccc2[nH]1. The quantitative estimate of drug-likeness (QED) is 0.365. The average Bonchev–Trinajstić information content (AvgIpc) is 3.47. The molecule has 9 heteroatoms. The number of esters is 1. The predicted molar refractivity (Wildman–Crippen MR) is 104 cm³/mol. The lowest BCUT2D eigenvalue weighted by Gasteiger charge is -2.14. The molecule has 3 heterocycles. The molecule has 1 aliphatic heterocycles. The summed E-state index contributed by atoms with van der Waals surface area (Å²) in [7, 11) is 0. The van der Waals surface area contributed by atoms with Crippen LogP contribution in [0.4, 0.5) is 0 Å². The van der Waals surface area contributed by atoms with E-state index in [4.69, 9.17) is 9.15 Å². The number of allylic oxidation sites excluding steroid dienone is 1. The smallest absolute Gasteiger partial charge is 0.311 e. The van der Waals surface area contributed by atoms with E-state index in [9.17, 15) is 20.0 Å². The van der Waals surface area contributed by atoms with Crippen LogP contribution in [0, 0.1) is 17.2 Å². The van der Waals surface area contributed by atoms with Crippen molar-refractivity contribution in [3.05, 3.63) is 60.0 Å².